The summed E-state index contributed by atoms with van der Waals surface area (Å²) in [7, 11) is 5.60. The van der Waals surface area contributed by atoms with Crippen LogP contribution in [0.2, 0.25) is 0 Å². The summed E-state index contributed by atoms with van der Waals surface area (Å²) in [6, 6.07) is 8.95. The van der Waals surface area contributed by atoms with Crippen molar-refractivity contribution in [1.82, 2.24) is 14.9 Å². The number of likely N-dealkylation sites (tertiary alicyclic amines) is 1. The van der Waals surface area contributed by atoms with Crippen molar-refractivity contribution in [1.29, 1.82) is 0 Å². The average Bonchev–Trinajstić information content (AvgIpc) is 3.29. The number of hydrogen-bond acceptors (Lipinski definition) is 6. The minimum absolute atomic E-state index is 0.448. The summed E-state index contributed by atoms with van der Waals surface area (Å²) >= 11 is 0. The molecule has 0 radical (unpaired) electrons. The maximum atomic E-state index is 6.14. The summed E-state index contributed by atoms with van der Waals surface area (Å²) in [4.78, 5) is 13.4. The zero-order valence-corrected chi connectivity index (χ0v) is 16.3. The third-order valence-electron chi connectivity index (χ3n) is 5.80. The van der Waals surface area contributed by atoms with Crippen LogP contribution in [0.25, 0.3) is 0 Å². The highest BCUT2D eigenvalue weighted by molar-refractivity contribution is 5.33. The number of piperidine rings is 1. The Morgan fingerprint density at radius 1 is 1.15 bits per heavy atom. The molecule has 2 aliphatic rings. The molecule has 27 heavy (non-hydrogen) atoms. The van der Waals surface area contributed by atoms with E-state index in [0.29, 0.717) is 18.7 Å². The molecule has 3 atom stereocenters. The van der Waals surface area contributed by atoms with Gasteiger partial charge in [0.05, 0.1) is 7.11 Å². The number of rotatable bonds is 7. The van der Waals surface area contributed by atoms with E-state index in [1.54, 1.807) is 7.11 Å². The Labute approximate surface area is 161 Å². The largest absolute Gasteiger partial charge is 0.497 e. The molecule has 0 amide bonds. The van der Waals surface area contributed by atoms with E-state index in [0.717, 1.165) is 29.9 Å². The number of hydrogen-bond donors (Lipinski definition) is 0. The molecule has 0 spiro atoms. The van der Waals surface area contributed by atoms with Crippen LogP contribution in [0.15, 0.2) is 36.7 Å². The first-order valence-corrected chi connectivity index (χ1v) is 9.65. The predicted molar refractivity (Wildman–Crippen MR) is 105 cm³/mol. The highest BCUT2D eigenvalue weighted by Gasteiger charge is 2.45. The van der Waals surface area contributed by atoms with Crippen molar-refractivity contribution in [3.8, 4) is 11.5 Å². The van der Waals surface area contributed by atoms with Gasteiger partial charge >= 0.3 is 0 Å². The fourth-order valence-electron chi connectivity index (χ4n) is 4.41. The number of nitrogens with zero attached hydrogens (tertiary/aromatic N) is 4. The molecule has 2 bridgehead atoms. The normalized spacial score (nSPS) is 24.2. The lowest BCUT2D eigenvalue weighted by Gasteiger charge is -2.35. The fourth-order valence-corrected chi connectivity index (χ4v) is 4.41. The van der Waals surface area contributed by atoms with Crippen molar-refractivity contribution in [2.45, 2.75) is 37.9 Å². The van der Waals surface area contributed by atoms with Gasteiger partial charge in [0.15, 0.2) is 0 Å². The van der Waals surface area contributed by atoms with Crippen LogP contribution in [0.1, 0.15) is 24.8 Å². The van der Waals surface area contributed by atoms with E-state index < -0.39 is 0 Å². The lowest BCUT2D eigenvalue weighted by atomic mass is 9.99. The van der Waals surface area contributed by atoms with Gasteiger partial charge < -0.3 is 14.4 Å². The Morgan fingerprint density at radius 2 is 1.93 bits per heavy atom. The number of anilines is 1. The predicted octanol–water partition coefficient (Wildman–Crippen LogP) is 2.98. The molecule has 2 fully saturated rings. The van der Waals surface area contributed by atoms with Gasteiger partial charge in [-0.05, 0) is 37.3 Å². The second kappa shape index (κ2) is 7.72. The molecule has 2 heterocycles. The van der Waals surface area contributed by atoms with Crippen LogP contribution < -0.4 is 14.4 Å². The molecule has 6 heteroatoms. The first kappa shape index (κ1) is 18.0. The van der Waals surface area contributed by atoms with Crippen LogP contribution in [-0.2, 0) is 6.54 Å². The van der Waals surface area contributed by atoms with Gasteiger partial charge in [-0.2, -0.15) is 0 Å². The molecule has 1 aliphatic carbocycles. The average molecular weight is 368 g/mol. The summed E-state index contributed by atoms with van der Waals surface area (Å²) in [5, 5.41) is 0. The maximum Gasteiger partial charge on any atom is 0.224 e. The van der Waals surface area contributed by atoms with E-state index >= 15 is 0 Å². The van der Waals surface area contributed by atoms with E-state index in [1.165, 1.54) is 24.8 Å². The molecule has 1 saturated carbocycles. The zero-order chi connectivity index (χ0) is 18.8. The Hall–Kier alpha value is -2.34. The van der Waals surface area contributed by atoms with Crippen molar-refractivity contribution in [2.24, 2.45) is 5.92 Å². The maximum absolute atomic E-state index is 6.14. The molecular formula is C21H28N4O2. The summed E-state index contributed by atoms with van der Waals surface area (Å²) in [6.45, 7) is 1.60. The minimum atomic E-state index is 0.448. The first-order chi connectivity index (χ1) is 13.1. The minimum Gasteiger partial charge on any atom is -0.497 e. The summed E-state index contributed by atoms with van der Waals surface area (Å²) in [5.74, 6) is 3.17. The Bertz CT molecular complexity index is 765. The van der Waals surface area contributed by atoms with Crippen molar-refractivity contribution in [2.75, 3.05) is 32.7 Å². The van der Waals surface area contributed by atoms with Crippen molar-refractivity contribution < 1.29 is 9.47 Å². The molecule has 1 saturated heterocycles. The standard InChI is InChI=1S/C21H28N4O2/c1-24(2)21-22-11-15(12-23-21)13-25-17-8-7-16(9-17)20(25)14-27-19-6-4-5-18(10-19)26-3/h4-6,10-12,16-17,20H,7-9,13-14H2,1-3H3/t16-,17-,20+/m1/s1. The Balaban J connectivity index is 1.43. The van der Waals surface area contributed by atoms with Gasteiger partial charge in [-0.25, -0.2) is 9.97 Å². The molecular weight excluding hydrogens is 340 g/mol. The smallest absolute Gasteiger partial charge is 0.224 e. The van der Waals surface area contributed by atoms with Crippen LogP contribution in [0.4, 0.5) is 5.95 Å². The summed E-state index contributed by atoms with van der Waals surface area (Å²) < 4.78 is 11.4. The van der Waals surface area contributed by atoms with Crippen molar-refractivity contribution in [3.63, 3.8) is 0 Å². The lowest BCUT2D eigenvalue weighted by molar-refractivity contribution is 0.0865. The van der Waals surface area contributed by atoms with Gasteiger partial charge in [0.25, 0.3) is 0 Å². The Kier molecular flexibility index (Phi) is 5.16. The van der Waals surface area contributed by atoms with Crippen molar-refractivity contribution >= 4 is 5.95 Å². The van der Waals surface area contributed by atoms with Crippen LogP contribution in [0.5, 0.6) is 11.5 Å². The SMILES string of the molecule is COc1cccc(OC[C@H]2[C@@H]3CC[C@H](C3)N2Cc2cnc(N(C)C)nc2)c1. The van der Waals surface area contributed by atoms with E-state index in [1.807, 2.05) is 55.7 Å². The molecule has 2 aromatic rings. The first-order valence-electron chi connectivity index (χ1n) is 9.65. The summed E-state index contributed by atoms with van der Waals surface area (Å²) in [6.07, 6.45) is 7.78. The fraction of sp³-hybridized carbons (Fsp3) is 0.524. The van der Waals surface area contributed by atoms with E-state index in [4.69, 9.17) is 9.47 Å². The number of fused-ring (bicyclic) bond motifs is 2. The molecule has 144 valence electrons. The van der Waals surface area contributed by atoms with Gasteiger partial charge in [0, 0.05) is 56.7 Å². The van der Waals surface area contributed by atoms with Crippen LogP contribution in [-0.4, -0.2) is 54.8 Å². The van der Waals surface area contributed by atoms with E-state index in [2.05, 4.69) is 14.9 Å². The number of ether oxygens (including phenoxy) is 2. The molecule has 0 N–H and O–H groups in total. The van der Waals surface area contributed by atoms with E-state index in [-0.39, 0.29) is 0 Å². The highest BCUT2D eigenvalue weighted by Crippen LogP contribution is 2.43. The van der Waals surface area contributed by atoms with Gasteiger partial charge in [-0.1, -0.05) is 6.07 Å². The van der Waals surface area contributed by atoms with Crippen LogP contribution in [0, 0.1) is 5.92 Å². The molecule has 4 rings (SSSR count). The van der Waals surface area contributed by atoms with Crippen LogP contribution in [0.3, 0.4) is 0 Å². The van der Waals surface area contributed by atoms with Gasteiger partial charge in [-0.15, -0.1) is 0 Å². The van der Waals surface area contributed by atoms with Gasteiger partial charge in [0.2, 0.25) is 5.95 Å². The highest BCUT2D eigenvalue weighted by atomic mass is 16.5. The molecule has 0 unspecified atom stereocenters. The topological polar surface area (TPSA) is 50.7 Å². The number of aromatic nitrogens is 2. The molecule has 1 aromatic heterocycles. The van der Waals surface area contributed by atoms with Gasteiger partial charge in [0.1, 0.15) is 18.1 Å². The molecule has 1 aromatic carbocycles. The third kappa shape index (κ3) is 3.86. The second-order valence-corrected chi connectivity index (χ2v) is 7.74. The number of benzene rings is 1. The third-order valence-corrected chi connectivity index (χ3v) is 5.80. The molecule has 1 aliphatic heterocycles. The van der Waals surface area contributed by atoms with Crippen LogP contribution >= 0.6 is 0 Å². The summed E-state index contributed by atoms with van der Waals surface area (Å²) in [5.41, 5.74) is 1.17. The lowest BCUT2D eigenvalue weighted by Crippen LogP contribution is -2.43. The number of methoxy groups -OCH3 is 1. The molecule has 6 nitrogen and oxygen atoms in total. The Morgan fingerprint density at radius 3 is 2.67 bits per heavy atom. The van der Waals surface area contributed by atoms with E-state index in [9.17, 15) is 0 Å². The van der Waals surface area contributed by atoms with Crippen molar-refractivity contribution in [3.05, 3.63) is 42.2 Å². The monoisotopic (exact) mass is 368 g/mol. The zero-order valence-electron chi connectivity index (χ0n) is 16.3. The quantitative estimate of drug-likeness (QED) is 0.749. The second-order valence-electron chi connectivity index (χ2n) is 7.74. The van der Waals surface area contributed by atoms with Gasteiger partial charge in [-0.3, -0.25) is 4.90 Å².